The summed E-state index contributed by atoms with van der Waals surface area (Å²) in [6.45, 7) is 1.74. The number of hydrogen-bond donors (Lipinski definition) is 0. The maximum absolute atomic E-state index is 13.4. The second kappa shape index (κ2) is 6.11. The van der Waals surface area contributed by atoms with E-state index < -0.39 is 5.56 Å². The summed E-state index contributed by atoms with van der Waals surface area (Å²) in [7, 11) is 0. The molecule has 28 heavy (non-hydrogen) atoms. The molecule has 0 atom stereocenters. The average Bonchev–Trinajstić information content (AvgIpc) is 3.10. The molecule has 7 nitrogen and oxygen atoms in total. The van der Waals surface area contributed by atoms with Gasteiger partial charge in [0.2, 0.25) is 0 Å². The fraction of sp³-hybridized carbons (Fsp3) is 0.0526. The number of fused-ring (bicyclic) bond motifs is 4. The molecule has 0 N–H and O–H groups in total. The van der Waals surface area contributed by atoms with Crippen LogP contribution in [0, 0.1) is 6.92 Å². The summed E-state index contributed by atoms with van der Waals surface area (Å²) in [5.41, 5.74) is 0.674. The minimum atomic E-state index is -0.392. The van der Waals surface area contributed by atoms with E-state index in [0.29, 0.717) is 37.5 Å². The van der Waals surface area contributed by atoms with E-state index in [4.69, 9.17) is 9.51 Å². The maximum atomic E-state index is 13.4. The van der Waals surface area contributed by atoms with E-state index in [1.54, 1.807) is 43.3 Å². The summed E-state index contributed by atoms with van der Waals surface area (Å²) >= 11 is 6.87. The molecule has 3 aromatic heterocycles. The molecule has 0 bridgehead atoms. The molecule has 2 aromatic carbocycles. The molecule has 0 saturated heterocycles. The van der Waals surface area contributed by atoms with Crippen LogP contribution in [0.1, 0.15) is 5.69 Å². The van der Waals surface area contributed by atoms with Gasteiger partial charge in [-0.2, -0.15) is 9.20 Å². The number of aromatic nitrogens is 4. The summed E-state index contributed by atoms with van der Waals surface area (Å²) in [6, 6.07) is 12.1. The van der Waals surface area contributed by atoms with Crippen molar-refractivity contribution in [3.63, 3.8) is 0 Å². The molecule has 0 saturated carbocycles. The number of aryl methyl sites for hydroxylation is 1. The van der Waals surface area contributed by atoms with Crippen molar-refractivity contribution in [3.8, 4) is 5.88 Å². The van der Waals surface area contributed by atoms with Crippen LogP contribution in [0.15, 0.2) is 65.5 Å². The van der Waals surface area contributed by atoms with Gasteiger partial charge in [0, 0.05) is 20.4 Å². The van der Waals surface area contributed by atoms with E-state index >= 15 is 0 Å². The van der Waals surface area contributed by atoms with Crippen molar-refractivity contribution in [3.05, 3.63) is 77.8 Å². The Bertz CT molecular complexity index is 1550. The van der Waals surface area contributed by atoms with E-state index in [1.165, 1.54) is 9.20 Å². The molecule has 0 radical (unpaired) electrons. The number of nitrogens with zero attached hydrogens (tertiary/aromatic N) is 4. The Kier molecular flexibility index (Phi) is 3.78. The van der Waals surface area contributed by atoms with Gasteiger partial charge in [0.1, 0.15) is 0 Å². The average molecular weight is 502 g/mol. The predicted molar refractivity (Wildman–Crippen MR) is 112 cm³/mol. The minimum absolute atomic E-state index is 0.149. The first-order valence-electron chi connectivity index (χ1n) is 8.25. The fourth-order valence-electron chi connectivity index (χ4n) is 3.28. The number of hydrogen-bond acceptors (Lipinski definition) is 5. The molecule has 0 aliphatic rings. The van der Waals surface area contributed by atoms with E-state index in [2.05, 4.69) is 37.0 Å². The lowest BCUT2D eigenvalue weighted by atomic mass is 10.2. The van der Waals surface area contributed by atoms with Gasteiger partial charge in [-0.1, -0.05) is 39.3 Å². The lowest BCUT2D eigenvalue weighted by Crippen LogP contribution is -2.32. The molecule has 0 amide bonds. The third-order valence-corrected chi connectivity index (χ3v) is 5.55. The molecule has 0 unspecified atom stereocenters. The lowest BCUT2D eigenvalue weighted by molar-refractivity contribution is 0.386. The molecule has 9 heteroatoms. The number of benzene rings is 2. The van der Waals surface area contributed by atoms with Crippen molar-refractivity contribution in [1.29, 1.82) is 0 Å². The van der Waals surface area contributed by atoms with E-state index in [9.17, 15) is 9.59 Å². The van der Waals surface area contributed by atoms with Crippen molar-refractivity contribution in [2.75, 3.05) is 0 Å². The van der Waals surface area contributed by atoms with E-state index in [1.807, 2.05) is 6.07 Å². The van der Waals surface area contributed by atoms with Crippen molar-refractivity contribution < 1.29 is 4.52 Å². The molecule has 0 aliphatic carbocycles. The largest absolute Gasteiger partial charge is 0.336 e. The second-order valence-electron chi connectivity index (χ2n) is 6.31. The van der Waals surface area contributed by atoms with Gasteiger partial charge in [-0.25, -0.2) is 4.98 Å². The zero-order valence-corrected chi connectivity index (χ0v) is 17.5. The van der Waals surface area contributed by atoms with Gasteiger partial charge in [0.15, 0.2) is 5.65 Å². The van der Waals surface area contributed by atoms with Crippen LogP contribution in [0.5, 0.6) is 0 Å². The Balaban J connectivity index is 2.15. The van der Waals surface area contributed by atoms with Crippen molar-refractivity contribution >= 4 is 59.2 Å². The maximum Gasteiger partial charge on any atom is 0.281 e. The van der Waals surface area contributed by atoms with Crippen LogP contribution < -0.4 is 11.1 Å². The molecule has 0 aliphatic heterocycles. The summed E-state index contributed by atoms with van der Waals surface area (Å²) < 4.78 is 9.13. The predicted octanol–water partition coefficient (Wildman–Crippen LogP) is 3.97. The van der Waals surface area contributed by atoms with Crippen LogP contribution in [-0.2, 0) is 0 Å². The molecule has 138 valence electrons. The van der Waals surface area contributed by atoms with Gasteiger partial charge >= 0.3 is 0 Å². The first kappa shape index (κ1) is 17.3. The van der Waals surface area contributed by atoms with Gasteiger partial charge in [-0.05, 0) is 41.1 Å². The van der Waals surface area contributed by atoms with Crippen LogP contribution >= 0.6 is 31.9 Å². The fourth-order valence-corrected chi connectivity index (χ4v) is 4.60. The quantitative estimate of drug-likeness (QED) is 0.256. The van der Waals surface area contributed by atoms with E-state index in [-0.39, 0.29) is 11.4 Å². The smallest absolute Gasteiger partial charge is 0.281 e. The van der Waals surface area contributed by atoms with Crippen molar-refractivity contribution in [1.82, 2.24) is 19.3 Å². The standard InChI is InChI=1S/C19H10Br2N4O3/c1-9-6-15(28-23-9)24-18(26)12-5-3-2-4-11(12)17-22-16-13(19(27)25(17)24)7-10(20)8-14(16)21/h2-8H,1H3. The van der Waals surface area contributed by atoms with Gasteiger partial charge < -0.3 is 4.52 Å². The van der Waals surface area contributed by atoms with Crippen LogP contribution in [0.4, 0.5) is 0 Å². The normalized spacial score (nSPS) is 11.7. The van der Waals surface area contributed by atoms with Crippen LogP contribution in [-0.4, -0.2) is 19.3 Å². The summed E-state index contributed by atoms with van der Waals surface area (Å²) in [6.07, 6.45) is 0. The van der Waals surface area contributed by atoms with Crippen LogP contribution in [0.25, 0.3) is 33.2 Å². The highest BCUT2D eigenvalue weighted by atomic mass is 79.9. The molecule has 0 fully saturated rings. The van der Waals surface area contributed by atoms with Gasteiger partial charge in [0.25, 0.3) is 17.0 Å². The SMILES string of the molecule is Cc1cc(-n2c(=O)c3ccccc3c3nc4c(Br)cc(Br)cc4c(=O)n32)on1. The monoisotopic (exact) mass is 500 g/mol. The Morgan fingerprint density at radius 1 is 0.964 bits per heavy atom. The summed E-state index contributed by atoms with van der Waals surface area (Å²) in [5.74, 6) is 0.149. The van der Waals surface area contributed by atoms with Crippen LogP contribution in [0.3, 0.4) is 0 Å². The number of rotatable bonds is 1. The lowest BCUT2D eigenvalue weighted by Gasteiger charge is -2.13. The van der Waals surface area contributed by atoms with Gasteiger partial charge in [-0.15, -0.1) is 0 Å². The van der Waals surface area contributed by atoms with Crippen molar-refractivity contribution in [2.45, 2.75) is 6.92 Å². The number of halogens is 2. The summed E-state index contributed by atoms with van der Waals surface area (Å²) in [4.78, 5) is 31.4. The first-order chi connectivity index (χ1) is 13.5. The molecule has 5 rings (SSSR count). The molecule has 0 spiro atoms. The second-order valence-corrected chi connectivity index (χ2v) is 8.08. The highest BCUT2D eigenvalue weighted by molar-refractivity contribution is 9.11. The molecule has 3 heterocycles. The topological polar surface area (TPSA) is 82.4 Å². The minimum Gasteiger partial charge on any atom is -0.336 e. The Morgan fingerprint density at radius 2 is 1.71 bits per heavy atom. The zero-order valence-electron chi connectivity index (χ0n) is 14.3. The highest BCUT2D eigenvalue weighted by Crippen LogP contribution is 2.27. The molecular weight excluding hydrogens is 492 g/mol. The van der Waals surface area contributed by atoms with E-state index in [0.717, 1.165) is 4.47 Å². The molecule has 5 aromatic rings. The third kappa shape index (κ3) is 2.39. The van der Waals surface area contributed by atoms with Gasteiger partial charge in [0.05, 0.1) is 22.0 Å². The van der Waals surface area contributed by atoms with Gasteiger partial charge in [-0.3, -0.25) is 9.59 Å². The summed E-state index contributed by atoms with van der Waals surface area (Å²) in [5, 5.41) is 5.22. The Morgan fingerprint density at radius 3 is 2.43 bits per heavy atom. The highest BCUT2D eigenvalue weighted by Gasteiger charge is 2.19. The Labute approximate surface area is 173 Å². The molecular formula is C19H10Br2N4O3. The van der Waals surface area contributed by atoms with Crippen molar-refractivity contribution in [2.24, 2.45) is 0 Å². The first-order valence-corrected chi connectivity index (χ1v) is 9.83. The third-order valence-electron chi connectivity index (χ3n) is 4.48. The Hall–Kier alpha value is -2.78. The zero-order chi connectivity index (χ0) is 19.6. The van der Waals surface area contributed by atoms with Crippen LogP contribution in [0.2, 0.25) is 0 Å².